The lowest BCUT2D eigenvalue weighted by atomic mass is 9.89. The molecule has 0 saturated carbocycles. The Morgan fingerprint density at radius 2 is 2.00 bits per heavy atom. The van der Waals surface area contributed by atoms with E-state index in [0.29, 0.717) is 18.7 Å². The van der Waals surface area contributed by atoms with Crippen LogP contribution < -0.4 is 10.5 Å². The number of aryl methyl sites for hydroxylation is 3. The Hall–Kier alpha value is -3.49. The first-order valence-electron chi connectivity index (χ1n) is 12.9. The van der Waals surface area contributed by atoms with Gasteiger partial charge in [-0.15, -0.1) is 5.10 Å². The largest absolute Gasteiger partial charge is 0.481 e. The van der Waals surface area contributed by atoms with E-state index in [4.69, 9.17) is 4.98 Å². The Kier molecular flexibility index (Phi) is 7.86. The third-order valence-corrected chi connectivity index (χ3v) is 7.27. The molecule has 3 aromatic heterocycles. The van der Waals surface area contributed by atoms with E-state index in [-0.39, 0.29) is 17.4 Å². The van der Waals surface area contributed by atoms with Gasteiger partial charge in [-0.25, -0.2) is 9.67 Å². The van der Waals surface area contributed by atoms with Crippen molar-refractivity contribution in [2.75, 3.05) is 18.0 Å². The molecule has 0 spiro atoms. The zero-order valence-corrected chi connectivity index (χ0v) is 21.6. The minimum absolute atomic E-state index is 0.0603. The van der Waals surface area contributed by atoms with Crippen molar-refractivity contribution in [3.05, 3.63) is 57.8 Å². The first kappa shape index (κ1) is 25.6. The van der Waals surface area contributed by atoms with E-state index in [1.165, 1.54) is 0 Å². The van der Waals surface area contributed by atoms with Gasteiger partial charge in [-0.05, 0) is 49.3 Å². The van der Waals surface area contributed by atoms with Gasteiger partial charge < -0.3 is 14.6 Å². The maximum absolute atomic E-state index is 12.5. The van der Waals surface area contributed by atoms with Gasteiger partial charge in [0, 0.05) is 32.4 Å². The Bertz CT molecular complexity index is 1280. The van der Waals surface area contributed by atoms with Crippen molar-refractivity contribution in [3.8, 4) is 11.4 Å². The molecule has 9 nitrogen and oxygen atoms in total. The highest BCUT2D eigenvalue weighted by Gasteiger charge is 2.33. The van der Waals surface area contributed by atoms with Gasteiger partial charge in [0.25, 0.3) is 5.56 Å². The van der Waals surface area contributed by atoms with Gasteiger partial charge in [-0.3, -0.25) is 9.59 Å². The number of aromatic nitrogens is 5. The van der Waals surface area contributed by atoms with Crippen molar-refractivity contribution < 1.29 is 9.90 Å². The summed E-state index contributed by atoms with van der Waals surface area (Å²) >= 11 is 0. The van der Waals surface area contributed by atoms with Crippen LogP contribution in [-0.2, 0) is 31.2 Å². The van der Waals surface area contributed by atoms with Crippen LogP contribution in [0.15, 0.2) is 35.3 Å². The number of rotatable bonds is 10. The Balaban J connectivity index is 1.62. The summed E-state index contributed by atoms with van der Waals surface area (Å²) < 4.78 is 3.41. The predicted molar refractivity (Wildman–Crippen MR) is 139 cm³/mol. The van der Waals surface area contributed by atoms with Crippen LogP contribution in [0.2, 0.25) is 0 Å². The summed E-state index contributed by atoms with van der Waals surface area (Å²) in [5.41, 5.74) is 5.29. The van der Waals surface area contributed by atoms with E-state index < -0.39 is 5.97 Å². The van der Waals surface area contributed by atoms with E-state index in [1.807, 2.05) is 32.3 Å². The van der Waals surface area contributed by atoms with Gasteiger partial charge >= 0.3 is 5.97 Å². The molecule has 1 aliphatic heterocycles. The number of carboxylic acids is 1. The fourth-order valence-corrected chi connectivity index (χ4v) is 5.27. The maximum atomic E-state index is 12.5. The summed E-state index contributed by atoms with van der Waals surface area (Å²) in [5.74, 6) is -0.873. The summed E-state index contributed by atoms with van der Waals surface area (Å²) in [4.78, 5) is 31.4. The zero-order chi connectivity index (χ0) is 25.8. The molecular formula is C27H36N6O3. The molecule has 0 aliphatic carbocycles. The number of aliphatic carboxylic acids is 1. The van der Waals surface area contributed by atoms with Gasteiger partial charge in [0.1, 0.15) is 5.69 Å². The lowest BCUT2D eigenvalue weighted by Crippen LogP contribution is -2.27. The molecule has 0 radical (unpaired) electrons. The van der Waals surface area contributed by atoms with Crippen LogP contribution in [0.4, 0.5) is 5.69 Å². The normalized spacial score (nSPS) is 16.4. The molecule has 1 N–H and O–H groups in total. The quantitative estimate of drug-likeness (QED) is 0.461. The molecule has 36 heavy (non-hydrogen) atoms. The van der Waals surface area contributed by atoms with Crippen molar-refractivity contribution in [1.29, 1.82) is 0 Å². The highest BCUT2D eigenvalue weighted by Crippen LogP contribution is 2.33. The first-order valence-corrected chi connectivity index (χ1v) is 12.9. The van der Waals surface area contributed by atoms with E-state index in [2.05, 4.69) is 35.1 Å². The standard InChI is InChI=1S/C27H36N6O3/c1-5-8-18-9-12-25(34)33(15-18)17-24-26(29-30-31(24)4)22-10-11-23(21(7-3)28-22)32-14-13-19(16-32)20(6-2)27(35)36/h9-12,15,19-20H,5-8,13-14,16-17H2,1-4H3,(H,35,36)/t19-,20-/m1/s1. The molecule has 0 unspecified atom stereocenters. The van der Waals surface area contributed by atoms with Crippen LogP contribution >= 0.6 is 0 Å². The highest BCUT2D eigenvalue weighted by molar-refractivity contribution is 5.71. The van der Waals surface area contributed by atoms with Crippen LogP contribution in [0.5, 0.6) is 0 Å². The molecule has 0 bridgehead atoms. The fourth-order valence-electron chi connectivity index (χ4n) is 5.27. The zero-order valence-electron chi connectivity index (χ0n) is 21.6. The summed E-state index contributed by atoms with van der Waals surface area (Å²) in [6, 6.07) is 7.53. The molecule has 2 atom stereocenters. The van der Waals surface area contributed by atoms with Gasteiger partial charge in [-0.2, -0.15) is 0 Å². The Morgan fingerprint density at radius 3 is 2.69 bits per heavy atom. The molecule has 192 valence electrons. The molecular weight excluding hydrogens is 456 g/mol. The predicted octanol–water partition coefficient (Wildman–Crippen LogP) is 3.54. The summed E-state index contributed by atoms with van der Waals surface area (Å²) in [7, 11) is 1.83. The molecule has 4 rings (SSSR count). The highest BCUT2D eigenvalue weighted by atomic mass is 16.4. The van der Waals surface area contributed by atoms with Crippen molar-refractivity contribution in [2.24, 2.45) is 18.9 Å². The van der Waals surface area contributed by atoms with Crippen molar-refractivity contribution in [2.45, 2.75) is 59.4 Å². The van der Waals surface area contributed by atoms with Gasteiger partial charge in [0.05, 0.1) is 35.2 Å². The van der Waals surface area contributed by atoms with Crippen molar-refractivity contribution >= 4 is 11.7 Å². The average molecular weight is 493 g/mol. The van der Waals surface area contributed by atoms with Gasteiger partial charge in [0.15, 0.2) is 0 Å². The SMILES string of the molecule is CCCc1ccc(=O)n(Cc2c(-c3ccc(N4CC[C@@H]([C@@H](CC)C(=O)O)C4)c(CC)n3)nnn2C)c1. The van der Waals surface area contributed by atoms with Crippen LogP contribution in [-0.4, -0.2) is 48.7 Å². The smallest absolute Gasteiger partial charge is 0.306 e. The van der Waals surface area contributed by atoms with Crippen LogP contribution in [0.3, 0.4) is 0 Å². The van der Waals surface area contributed by atoms with E-state index in [1.54, 1.807) is 15.3 Å². The average Bonchev–Trinajstić information content (AvgIpc) is 3.48. The molecule has 9 heteroatoms. The summed E-state index contributed by atoms with van der Waals surface area (Å²) in [5, 5.41) is 18.2. The molecule has 0 amide bonds. The molecule has 3 aromatic rings. The van der Waals surface area contributed by atoms with E-state index in [0.717, 1.165) is 67.1 Å². The van der Waals surface area contributed by atoms with Crippen LogP contribution in [0, 0.1) is 11.8 Å². The monoisotopic (exact) mass is 492 g/mol. The van der Waals surface area contributed by atoms with Gasteiger partial charge in [-0.1, -0.05) is 38.5 Å². The second-order valence-corrected chi connectivity index (χ2v) is 9.63. The lowest BCUT2D eigenvalue weighted by molar-refractivity contribution is -0.143. The number of carbonyl (C=O) groups is 1. The third-order valence-electron chi connectivity index (χ3n) is 7.27. The number of hydrogen-bond donors (Lipinski definition) is 1. The van der Waals surface area contributed by atoms with Crippen LogP contribution in [0.1, 0.15) is 57.0 Å². The Morgan fingerprint density at radius 1 is 1.19 bits per heavy atom. The number of hydrogen-bond acceptors (Lipinski definition) is 6. The van der Waals surface area contributed by atoms with Crippen molar-refractivity contribution in [3.63, 3.8) is 0 Å². The summed E-state index contributed by atoms with van der Waals surface area (Å²) in [6.07, 6.45) is 6.11. The summed E-state index contributed by atoms with van der Waals surface area (Å²) in [6.45, 7) is 8.06. The fraction of sp³-hybridized carbons (Fsp3) is 0.519. The van der Waals surface area contributed by atoms with Crippen molar-refractivity contribution in [1.82, 2.24) is 24.5 Å². The first-order chi connectivity index (χ1) is 17.4. The number of anilines is 1. The minimum Gasteiger partial charge on any atom is -0.481 e. The number of nitrogens with zero attached hydrogens (tertiary/aromatic N) is 6. The Labute approximate surface area is 211 Å². The number of carboxylic acid groups (broad SMARTS) is 1. The van der Waals surface area contributed by atoms with Gasteiger partial charge in [0.2, 0.25) is 0 Å². The number of pyridine rings is 2. The molecule has 1 saturated heterocycles. The second-order valence-electron chi connectivity index (χ2n) is 9.63. The lowest BCUT2D eigenvalue weighted by Gasteiger charge is -2.23. The van der Waals surface area contributed by atoms with E-state index >= 15 is 0 Å². The molecule has 4 heterocycles. The minimum atomic E-state index is -0.706. The third kappa shape index (κ3) is 5.20. The molecule has 1 aliphatic rings. The topological polar surface area (TPSA) is 106 Å². The maximum Gasteiger partial charge on any atom is 0.306 e. The second kappa shape index (κ2) is 11.1. The molecule has 1 fully saturated rings. The van der Waals surface area contributed by atoms with E-state index in [9.17, 15) is 14.7 Å². The molecule has 0 aromatic carbocycles. The van der Waals surface area contributed by atoms with Crippen LogP contribution in [0.25, 0.3) is 11.4 Å².